The minimum atomic E-state index is -1.08. The molecule has 3 N–H and O–H groups in total. The average molecular weight is 380 g/mol. The summed E-state index contributed by atoms with van der Waals surface area (Å²) in [5.74, 6) is -1.04. The highest BCUT2D eigenvalue weighted by Crippen LogP contribution is 2.25. The number of carboxylic acids is 1. The number of aromatic carboxylic acids is 1. The number of carbonyl (C=O) groups is 2. The van der Waals surface area contributed by atoms with Crippen molar-refractivity contribution in [3.8, 4) is 5.75 Å². The Balaban J connectivity index is 1.80. The number of anilines is 1. The smallest absolute Gasteiger partial charge is 0.335 e. The molecule has 27 heavy (non-hydrogen) atoms. The lowest BCUT2D eigenvalue weighted by molar-refractivity contribution is 0.0696. The summed E-state index contributed by atoms with van der Waals surface area (Å²) in [5.41, 5.74) is 0.908. The molecule has 0 saturated carbocycles. The van der Waals surface area contributed by atoms with Gasteiger partial charge in [0.15, 0.2) is 5.11 Å². The highest BCUT2D eigenvalue weighted by atomic mass is 32.1. The quantitative estimate of drug-likeness (QED) is 0.599. The minimum Gasteiger partial charge on any atom is -0.495 e. The second kappa shape index (κ2) is 7.84. The van der Waals surface area contributed by atoms with Gasteiger partial charge in [0.25, 0.3) is 5.91 Å². The van der Waals surface area contributed by atoms with Crippen molar-refractivity contribution < 1.29 is 19.4 Å². The number of methoxy groups -OCH3 is 1. The van der Waals surface area contributed by atoms with E-state index in [1.165, 1.54) is 25.3 Å². The molecule has 0 unspecified atom stereocenters. The molecule has 0 atom stereocenters. The van der Waals surface area contributed by atoms with E-state index in [0.29, 0.717) is 17.0 Å². The SMILES string of the molecule is COc1ccc(C(=O)O)cc1NC(=S)NC(=O)c1cccc2ccccc12. The van der Waals surface area contributed by atoms with E-state index in [9.17, 15) is 9.59 Å². The first-order valence-corrected chi connectivity index (χ1v) is 8.42. The van der Waals surface area contributed by atoms with Gasteiger partial charge >= 0.3 is 5.97 Å². The number of carboxylic acid groups (broad SMARTS) is 1. The van der Waals surface area contributed by atoms with Gasteiger partial charge in [0.2, 0.25) is 0 Å². The van der Waals surface area contributed by atoms with Gasteiger partial charge in [-0.25, -0.2) is 4.79 Å². The third-order valence-electron chi connectivity index (χ3n) is 3.96. The van der Waals surface area contributed by atoms with Crippen molar-refractivity contribution in [3.63, 3.8) is 0 Å². The fraction of sp³-hybridized carbons (Fsp3) is 0.0500. The number of amides is 1. The van der Waals surface area contributed by atoms with Crippen molar-refractivity contribution in [2.75, 3.05) is 12.4 Å². The summed E-state index contributed by atoms with van der Waals surface area (Å²) in [5, 5.41) is 16.4. The summed E-state index contributed by atoms with van der Waals surface area (Å²) < 4.78 is 5.20. The number of thiocarbonyl (C=S) groups is 1. The van der Waals surface area contributed by atoms with Crippen molar-refractivity contribution in [2.45, 2.75) is 0 Å². The molecule has 0 fully saturated rings. The van der Waals surface area contributed by atoms with E-state index in [1.54, 1.807) is 12.1 Å². The predicted molar refractivity (Wildman–Crippen MR) is 108 cm³/mol. The number of fused-ring (bicyclic) bond motifs is 1. The fourth-order valence-electron chi connectivity index (χ4n) is 2.69. The van der Waals surface area contributed by atoms with E-state index in [4.69, 9.17) is 22.1 Å². The van der Waals surface area contributed by atoms with Crippen molar-refractivity contribution in [3.05, 3.63) is 71.8 Å². The zero-order chi connectivity index (χ0) is 19.4. The third-order valence-corrected chi connectivity index (χ3v) is 4.16. The first-order valence-electron chi connectivity index (χ1n) is 8.01. The largest absolute Gasteiger partial charge is 0.495 e. The molecule has 0 bridgehead atoms. The normalized spacial score (nSPS) is 10.3. The number of rotatable bonds is 4. The molecule has 0 aromatic heterocycles. The van der Waals surface area contributed by atoms with Gasteiger partial charge in [-0.15, -0.1) is 0 Å². The topological polar surface area (TPSA) is 87.7 Å². The summed E-state index contributed by atoms with van der Waals surface area (Å²) in [4.78, 5) is 23.8. The van der Waals surface area contributed by atoms with Gasteiger partial charge in [0.1, 0.15) is 5.75 Å². The Morgan fingerprint density at radius 1 is 1.04 bits per heavy atom. The van der Waals surface area contributed by atoms with E-state index in [2.05, 4.69) is 10.6 Å². The van der Waals surface area contributed by atoms with Crippen LogP contribution in [0.15, 0.2) is 60.7 Å². The molecule has 0 aliphatic rings. The van der Waals surface area contributed by atoms with Crippen LogP contribution in [0, 0.1) is 0 Å². The van der Waals surface area contributed by atoms with Gasteiger partial charge < -0.3 is 15.2 Å². The lowest BCUT2D eigenvalue weighted by atomic mass is 10.0. The van der Waals surface area contributed by atoms with Crippen LogP contribution in [-0.2, 0) is 0 Å². The first kappa shape index (κ1) is 18.3. The molecular formula is C20H16N2O4S. The molecule has 0 radical (unpaired) electrons. The van der Waals surface area contributed by atoms with Gasteiger partial charge in [-0.1, -0.05) is 36.4 Å². The van der Waals surface area contributed by atoms with Crippen molar-refractivity contribution in [2.24, 2.45) is 0 Å². The maximum atomic E-state index is 12.6. The average Bonchev–Trinajstić information content (AvgIpc) is 2.67. The van der Waals surface area contributed by atoms with Gasteiger partial charge in [-0.2, -0.15) is 0 Å². The Morgan fingerprint density at radius 2 is 1.78 bits per heavy atom. The second-order valence-electron chi connectivity index (χ2n) is 5.66. The molecule has 7 heteroatoms. The molecule has 0 heterocycles. The van der Waals surface area contributed by atoms with Gasteiger partial charge in [-0.05, 0) is 47.3 Å². The number of nitrogens with one attached hydrogen (secondary N) is 2. The van der Waals surface area contributed by atoms with Gasteiger partial charge in [-0.3, -0.25) is 10.1 Å². The standard InChI is InChI=1S/C20H16N2O4S/c1-26-17-10-9-13(19(24)25)11-16(17)21-20(27)22-18(23)15-8-4-6-12-5-2-3-7-14(12)15/h2-11H,1H3,(H,24,25)(H2,21,22,23,27). The van der Waals surface area contributed by atoms with E-state index >= 15 is 0 Å². The van der Waals surface area contributed by atoms with E-state index < -0.39 is 5.97 Å². The molecule has 136 valence electrons. The van der Waals surface area contributed by atoms with Crippen LogP contribution in [0.4, 0.5) is 5.69 Å². The van der Waals surface area contributed by atoms with E-state index in [1.807, 2.05) is 30.3 Å². The maximum Gasteiger partial charge on any atom is 0.335 e. The number of ether oxygens (including phenoxy) is 1. The lowest BCUT2D eigenvalue weighted by Gasteiger charge is -2.14. The van der Waals surface area contributed by atoms with Crippen molar-refractivity contribution in [1.82, 2.24) is 5.32 Å². The highest BCUT2D eigenvalue weighted by Gasteiger charge is 2.14. The summed E-state index contributed by atoms with van der Waals surface area (Å²) in [6.45, 7) is 0. The third kappa shape index (κ3) is 4.04. The number of hydrogen-bond acceptors (Lipinski definition) is 4. The highest BCUT2D eigenvalue weighted by molar-refractivity contribution is 7.80. The molecule has 0 aliphatic carbocycles. The lowest BCUT2D eigenvalue weighted by Crippen LogP contribution is -2.34. The van der Waals surface area contributed by atoms with E-state index in [0.717, 1.165) is 10.8 Å². The van der Waals surface area contributed by atoms with Crippen molar-refractivity contribution in [1.29, 1.82) is 0 Å². The molecule has 0 aliphatic heterocycles. The van der Waals surface area contributed by atoms with Crippen LogP contribution < -0.4 is 15.4 Å². The Kier molecular flexibility index (Phi) is 5.33. The minimum absolute atomic E-state index is 0.0359. The second-order valence-corrected chi connectivity index (χ2v) is 6.06. The molecule has 0 saturated heterocycles. The van der Waals surface area contributed by atoms with Crippen LogP contribution in [0.1, 0.15) is 20.7 Å². The van der Waals surface area contributed by atoms with Crippen LogP contribution in [0.2, 0.25) is 0 Å². The van der Waals surface area contributed by atoms with Crippen LogP contribution in [-0.4, -0.2) is 29.2 Å². The Bertz CT molecular complexity index is 1040. The van der Waals surface area contributed by atoms with Gasteiger partial charge in [0.05, 0.1) is 18.4 Å². The Labute approximate surface area is 160 Å². The fourth-order valence-corrected chi connectivity index (χ4v) is 2.89. The summed E-state index contributed by atoms with van der Waals surface area (Å²) >= 11 is 5.21. The molecule has 0 spiro atoms. The first-order chi connectivity index (χ1) is 13.0. The van der Waals surface area contributed by atoms with Crippen molar-refractivity contribution >= 4 is 45.7 Å². The molecule has 3 aromatic rings. The summed E-state index contributed by atoms with van der Waals surface area (Å²) in [6, 6.07) is 17.3. The molecule has 6 nitrogen and oxygen atoms in total. The zero-order valence-electron chi connectivity index (χ0n) is 14.4. The molecular weight excluding hydrogens is 364 g/mol. The summed E-state index contributed by atoms with van der Waals surface area (Å²) in [7, 11) is 1.46. The summed E-state index contributed by atoms with van der Waals surface area (Å²) in [6.07, 6.45) is 0. The Hall–Kier alpha value is -3.45. The molecule has 1 amide bonds. The van der Waals surface area contributed by atoms with Crippen LogP contribution in [0.5, 0.6) is 5.75 Å². The molecule has 3 aromatic carbocycles. The number of carbonyl (C=O) groups excluding carboxylic acids is 1. The molecule has 3 rings (SSSR count). The number of hydrogen-bond donors (Lipinski definition) is 3. The zero-order valence-corrected chi connectivity index (χ0v) is 15.2. The monoisotopic (exact) mass is 380 g/mol. The van der Waals surface area contributed by atoms with Crippen LogP contribution in [0.3, 0.4) is 0 Å². The predicted octanol–water partition coefficient (Wildman–Crippen LogP) is 3.67. The number of benzene rings is 3. The van der Waals surface area contributed by atoms with Gasteiger partial charge in [0, 0.05) is 5.56 Å². The van der Waals surface area contributed by atoms with Crippen LogP contribution >= 0.6 is 12.2 Å². The van der Waals surface area contributed by atoms with Crippen LogP contribution in [0.25, 0.3) is 10.8 Å². The Morgan fingerprint density at radius 3 is 2.52 bits per heavy atom. The maximum absolute atomic E-state index is 12.6. The van der Waals surface area contributed by atoms with E-state index in [-0.39, 0.29) is 16.6 Å².